The molecule has 1 N–H and O–H groups in total. The molecule has 3 heterocycles. The zero-order valence-corrected chi connectivity index (χ0v) is 17.4. The summed E-state index contributed by atoms with van der Waals surface area (Å²) >= 11 is 6.00. The number of piperidine rings is 1. The SMILES string of the molecule is Fc1ccc([C@H](F)C2CCN(c3nc4cnc(Cl)cc4nc3NC3CC3)CC2)c(F)c1. The van der Waals surface area contributed by atoms with Crippen LogP contribution in [-0.4, -0.2) is 34.1 Å². The molecule has 0 bridgehead atoms. The van der Waals surface area contributed by atoms with E-state index < -0.39 is 17.8 Å². The number of rotatable bonds is 5. The summed E-state index contributed by atoms with van der Waals surface area (Å²) in [7, 11) is 0. The first kappa shape index (κ1) is 20.3. The van der Waals surface area contributed by atoms with Crippen molar-refractivity contribution in [3.8, 4) is 0 Å². The number of nitrogens with one attached hydrogen (secondary N) is 1. The Morgan fingerprint density at radius 3 is 2.52 bits per heavy atom. The second-order valence-electron chi connectivity index (χ2n) is 8.20. The fraction of sp³-hybridized carbons (Fsp3) is 0.409. The first-order valence-corrected chi connectivity index (χ1v) is 10.8. The van der Waals surface area contributed by atoms with Crippen LogP contribution < -0.4 is 10.2 Å². The van der Waals surface area contributed by atoms with Gasteiger partial charge in [-0.1, -0.05) is 17.7 Å². The highest BCUT2D eigenvalue weighted by Gasteiger charge is 2.32. The molecule has 1 aliphatic heterocycles. The average Bonchev–Trinajstić information content (AvgIpc) is 3.57. The minimum Gasteiger partial charge on any atom is -0.364 e. The molecule has 0 unspecified atom stereocenters. The molecule has 1 saturated heterocycles. The lowest BCUT2D eigenvalue weighted by Gasteiger charge is -2.35. The van der Waals surface area contributed by atoms with Crippen molar-refractivity contribution in [2.45, 2.75) is 37.9 Å². The number of hydrogen-bond donors (Lipinski definition) is 1. The van der Waals surface area contributed by atoms with E-state index in [1.165, 1.54) is 6.07 Å². The normalized spacial score (nSPS) is 18.4. The maximum absolute atomic E-state index is 15.0. The quantitative estimate of drug-likeness (QED) is 0.526. The lowest BCUT2D eigenvalue weighted by atomic mass is 9.88. The third-order valence-corrected chi connectivity index (χ3v) is 6.14. The van der Waals surface area contributed by atoms with Gasteiger partial charge in [0.05, 0.1) is 11.7 Å². The Labute approximate surface area is 182 Å². The van der Waals surface area contributed by atoms with Gasteiger partial charge in [0.1, 0.15) is 28.5 Å². The molecule has 2 aromatic heterocycles. The van der Waals surface area contributed by atoms with Crippen molar-refractivity contribution in [1.29, 1.82) is 0 Å². The minimum atomic E-state index is -1.47. The smallest absolute Gasteiger partial charge is 0.172 e. The van der Waals surface area contributed by atoms with Gasteiger partial charge in [-0.15, -0.1) is 0 Å². The van der Waals surface area contributed by atoms with Crippen molar-refractivity contribution in [3.63, 3.8) is 0 Å². The first-order chi connectivity index (χ1) is 15.0. The summed E-state index contributed by atoms with van der Waals surface area (Å²) in [5.41, 5.74) is 1.22. The monoisotopic (exact) mass is 447 g/mol. The molecule has 162 valence electrons. The molecule has 1 atom stereocenters. The zero-order valence-electron chi connectivity index (χ0n) is 16.7. The number of fused-ring (bicyclic) bond motifs is 1. The van der Waals surface area contributed by atoms with Gasteiger partial charge in [0.2, 0.25) is 0 Å². The number of anilines is 2. The van der Waals surface area contributed by atoms with Crippen LogP contribution in [0.1, 0.15) is 37.4 Å². The number of alkyl halides is 1. The number of halogens is 4. The van der Waals surface area contributed by atoms with Crippen molar-refractivity contribution in [3.05, 3.63) is 52.8 Å². The van der Waals surface area contributed by atoms with Crippen LogP contribution in [0.2, 0.25) is 5.15 Å². The van der Waals surface area contributed by atoms with E-state index in [1.807, 2.05) is 0 Å². The third kappa shape index (κ3) is 4.26. The van der Waals surface area contributed by atoms with Crippen LogP contribution in [0.4, 0.5) is 24.8 Å². The second kappa shape index (κ2) is 8.15. The Kier molecular flexibility index (Phi) is 5.33. The van der Waals surface area contributed by atoms with Crippen LogP contribution >= 0.6 is 11.6 Å². The summed E-state index contributed by atoms with van der Waals surface area (Å²) in [6.07, 6.45) is 3.35. The van der Waals surface area contributed by atoms with Crippen molar-refractivity contribution < 1.29 is 13.2 Å². The highest BCUT2D eigenvalue weighted by molar-refractivity contribution is 6.29. The van der Waals surface area contributed by atoms with Gasteiger partial charge in [-0.05, 0) is 37.7 Å². The number of benzene rings is 1. The molecule has 31 heavy (non-hydrogen) atoms. The molecule has 1 aliphatic carbocycles. The Morgan fingerprint density at radius 1 is 1.03 bits per heavy atom. The van der Waals surface area contributed by atoms with E-state index in [4.69, 9.17) is 21.6 Å². The van der Waals surface area contributed by atoms with Gasteiger partial charge in [0.25, 0.3) is 0 Å². The highest BCUT2D eigenvalue weighted by atomic mass is 35.5. The van der Waals surface area contributed by atoms with Crippen LogP contribution in [0.3, 0.4) is 0 Å². The second-order valence-corrected chi connectivity index (χ2v) is 8.59. The van der Waals surface area contributed by atoms with Crippen molar-refractivity contribution in [2.75, 3.05) is 23.3 Å². The van der Waals surface area contributed by atoms with Crippen LogP contribution in [0.25, 0.3) is 11.0 Å². The Hall–Kier alpha value is -2.61. The van der Waals surface area contributed by atoms with E-state index in [1.54, 1.807) is 12.3 Å². The van der Waals surface area contributed by atoms with E-state index >= 15 is 4.39 Å². The van der Waals surface area contributed by atoms with E-state index in [0.29, 0.717) is 59.8 Å². The zero-order chi connectivity index (χ0) is 21.5. The Morgan fingerprint density at radius 2 is 1.81 bits per heavy atom. The fourth-order valence-corrected chi connectivity index (χ4v) is 4.20. The van der Waals surface area contributed by atoms with Gasteiger partial charge in [-0.2, -0.15) is 0 Å². The summed E-state index contributed by atoms with van der Waals surface area (Å²) in [5, 5.41) is 3.78. The number of hydrogen-bond acceptors (Lipinski definition) is 5. The molecular formula is C22H21ClF3N5. The largest absolute Gasteiger partial charge is 0.364 e. The van der Waals surface area contributed by atoms with Gasteiger partial charge in [0.15, 0.2) is 11.6 Å². The predicted molar refractivity (Wildman–Crippen MR) is 114 cm³/mol. The molecule has 0 amide bonds. The maximum Gasteiger partial charge on any atom is 0.172 e. The van der Waals surface area contributed by atoms with E-state index in [-0.39, 0.29) is 11.5 Å². The van der Waals surface area contributed by atoms with Gasteiger partial charge in [0, 0.05) is 36.8 Å². The molecule has 1 saturated carbocycles. The predicted octanol–water partition coefficient (Wildman–Crippen LogP) is 5.46. The third-order valence-electron chi connectivity index (χ3n) is 5.93. The molecule has 2 fully saturated rings. The van der Waals surface area contributed by atoms with Gasteiger partial charge >= 0.3 is 0 Å². The van der Waals surface area contributed by atoms with Crippen LogP contribution in [0, 0.1) is 17.6 Å². The van der Waals surface area contributed by atoms with Gasteiger partial charge in [-0.3, -0.25) is 0 Å². The molecule has 3 aromatic rings. The molecule has 0 spiro atoms. The summed E-state index contributed by atoms with van der Waals surface area (Å²) in [5.74, 6) is -0.477. The topological polar surface area (TPSA) is 53.9 Å². The van der Waals surface area contributed by atoms with E-state index in [0.717, 1.165) is 25.0 Å². The fourth-order valence-electron chi connectivity index (χ4n) is 4.05. The summed E-state index contributed by atoms with van der Waals surface area (Å²) in [6.45, 7) is 1.13. The molecule has 5 rings (SSSR count). The van der Waals surface area contributed by atoms with E-state index in [2.05, 4.69) is 15.2 Å². The standard InChI is InChI=1S/C22H21ClF3N5/c23-19-10-17-18(11-27-19)30-22(21(29-17)28-14-2-3-14)31-7-5-12(6-8-31)20(26)15-4-1-13(24)9-16(15)25/h1,4,9-12,14,20H,2-3,5-8H2,(H,28,29)/t20-/m1/s1. The van der Waals surface area contributed by atoms with Gasteiger partial charge in [-0.25, -0.2) is 28.1 Å². The number of pyridine rings is 1. The summed E-state index contributed by atoms with van der Waals surface area (Å²) in [6, 6.07) is 5.10. The van der Waals surface area contributed by atoms with Crippen molar-refractivity contribution in [1.82, 2.24) is 15.0 Å². The van der Waals surface area contributed by atoms with E-state index in [9.17, 15) is 8.78 Å². The number of aromatic nitrogens is 3. The summed E-state index contributed by atoms with van der Waals surface area (Å²) < 4.78 is 42.2. The molecule has 2 aliphatic rings. The molecule has 0 radical (unpaired) electrons. The minimum absolute atomic E-state index is 0.0793. The van der Waals surface area contributed by atoms with Crippen molar-refractivity contribution in [2.24, 2.45) is 5.92 Å². The van der Waals surface area contributed by atoms with Crippen LogP contribution in [0.15, 0.2) is 30.5 Å². The maximum atomic E-state index is 15.0. The van der Waals surface area contributed by atoms with Crippen molar-refractivity contribution >= 4 is 34.3 Å². The lowest BCUT2D eigenvalue weighted by molar-refractivity contribution is 0.193. The Bertz CT molecular complexity index is 1120. The Balaban J connectivity index is 1.36. The molecule has 5 nitrogen and oxygen atoms in total. The lowest BCUT2D eigenvalue weighted by Crippen LogP contribution is -2.36. The molecule has 9 heteroatoms. The highest BCUT2D eigenvalue weighted by Crippen LogP contribution is 2.38. The molecule has 1 aromatic carbocycles. The molecular weight excluding hydrogens is 427 g/mol. The number of nitrogens with zero attached hydrogens (tertiary/aromatic N) is 4. The van der Waals surface area contributed by atoms with Gasteiger partial charge < -0.3 is 10.2 Å². The summed E-state index contributed by atoms with van der Waals surface area (Å²) in [4.78, 5) is 15.6. The first-order valence-electron chi connectivity index (χ1n) is 10.4. The average molecular weight is 448 g/mol. The van der Waals surface area contributed by atoms with Crippen LogP contribution in [-0.2, 0) is 0 Å². The van der Waals surface area contributed by atoms with Crippen LogP contribution in [0.5, 0.6) is 0 Å².